The molecule has 4 rings (SSSR count). The van der Waals surface area contributed by atoms with Crippen LogP contribution in [0.1, 0.15) is 64.7 Å². The molecule has 0 nitrogen and oxygen atoms in total. The van der Waals surface area contributed by atoms with Crippen molar-refractivity contribution < 1.29 is 0 Å². The van der Waals surface area contributed by atoms with E-state index in [0.717, 1.165) is 12.8 Å². The lowest BCUT2D eigenvalue weighted by atomic mass is 9.86. The predicted molar refractivity (Wildman–Crippen MR) is 129 cm³/mol. The van der Waals surface area contributed by atoms with Gasteiger partial charge in [0.15, 0.2) is 0 Å². The molecule has 152 valence electrons. The first-order valence-corrected chi connectivity index (χ1v) is 10.9. The summed E-state index contributed by atoms with van der Waals surface area (Å²) in [5, 5.41) is 2.74. The zero-order valence-electron chi connectivity index (χ0n) is 19.0. The number of benzene rings is 3. The lowest BCUT2D eigenvalue weighted by molar-refractivity contribution is 0.412. The van der Waals surface area contributed by atoms with Crippen molar-refractivity contribution in [3.05, 3.63) is 89.5 Å². The molecule has 0 unspecified atom stereocenters. The second-order valence-corrected chi connectivity index (χ2v) is 10.7. The fourth-order valence-electron chi connectivity index (χ4n) is 4.11. The van der Waals surface area contributed by atoms with Crippen molar-refractivity contribution in [3.63, 3.8) is 0 Å². The van der Waals surface area contributed by atoms with Crippen molar-refractivity contribution in [2.24, 2.45) is 10.8 Å². The van der Waals surface area contributed by atoms with Crippen LogP contribution < -0.4 is 0 Å². The topological polar surface area (TPSA) is 0 Å². The van der Waals surface area contributed by atoms with E-state index in [9.17, 15) is 0 Å². The van der Waals surface area contributed by atoms with E-state index in [0.29, 0.717) is 10.8 Å². The Balaban J connectivity index is 0.000000166. The van der Waals surface area contributed by atoms with E-state index in [1.54, 1.807) is 0 Å². The molecule has 0 radical (unpaired) electrons. The second-order valence-electron chi connectivity index (χ2n) is 10.7. The second kappa shape index (κ2) is 8.57. The van der Waals surface area contributed by atoms with Gasteiger partial charge in [-0.15, -0.1) is 0 Å². The minimum Gasteiger partial charge on any atom is -0.0763 e. The Hall–Kier alpha value is -2.34. The summed E-state index contributed by atoms with van der Waals surface area (Å²) in [6.07, 6.45) is 5.83. The summed E-state index contributed by atoms with van der Waals surface area (Å²) in [7, 11) is 0. The van der Waals surface area contributed by atoms with Crippen LogP contribution in [0.2, 0.25) is 0 Å². The lowest BCUT2D eigenvalue weighted by Crippen LogP contribution is -2.09. The molecule has 0 fully saturated rings. The third kappa shape index (κ3) is 6.07. The molecule has 1 aliphatic rings. The van der Waals surface area contributed by atoms with Crippen molar-refractivity contribution in [3.8, 4) is 0 Å². The van der Waals surface area contributed by atoms with Crippen LogP contribution in [0.15, 0.2) is 72.8 Å². The van der Waals surface area contributed by atoms with Crippen LogP contribution in [0, 0.1) is 10.8 Å². The van der Waals surface area contributed by atoms with E-state index in [1.807, 2.05) is 0 Å². The summed E-state index contributed by atoms with van der Waals surface area (Å²) < 4.78 is 0. The maximum absolute atomic E-state index is 2.38. The molecule has 0 saturated carbocycles. The Bertz CT molecular complexity index is 985. The molecule has 0 amide bonds. The summed E-state index contributed by atoms with van der Waals surface area (Å²) in [5.74, 6) is 0. The third-order valence-corrected chi connectivity index (χ3v) is 5.25. The largest absolute Gasteiger partial charge is 0.0763 e. The van der Waals surface area contributed by atoms with Gasteiger partial charge in [-0.25, -0.2) is 0 Å². The van der Waals surface area contributed by atoms with Crippen LogP contribution in [-0.4, -0.2) is 0 Å². The fourth-order valence-corrected chi connectivity index (χ4v) is 4.11. The van der Waals surface area contributed by atoms with Crippen molar-refractivity contribution in [1.82, 2.24) is 0 Å². The normalized spacial score (nSPS) is 13.5. The molecule has 0 saturated heterocycles. The summed E-state index contributed by atoms with van der Waals surface area (Å²) in [5.41, 5.74) is 6.70. The van der Waals surface area contributed by atoms with Crippen molar-refractivity contribution in [1.29, 1.82) is 0 Å². The summed E-state index contributed by atoms with van der Waals surface area (Å²) in [6.45, 7) is 13.8. The SMILES string of the molecule is CC(C)(C)CC1=CCc2ccccc21.CC(C)(C)Cc1cccc2ccccc12. The van der Waals surface area contributed by atoms with Crippen LogP contribution in [-0.2, 0) is 12.8 Å². The van der Waals surface area contributed by atoms with Crippen LogP contribution in [0.4, 0.5) is 0 Å². The summed E-state index contributed by atoms with van der Waals surface area (Å²) in [6, 6.07) is 24.0. The number of hydrogen-bond acceptors (Lipinski definition) is 0. The Kier molecular flexibility index (Phi) is 6.32. The Morgan fingerprint density at radius 2 is 1.28 bits per heavy atom. The molecule has 29 heavy (non-hydrogen) atoms. The van der Waals surface area contributed by atoms with E-state index in [-0.39, 0.29) is 0 Å². The van der Waals surface area contributed by atoms with Gasteiger partial charge in [0.1, 0.15) is 0 Å². The van der Waals surface area contributed by atoms with E-state index in [1.165, 1.54) is 39.5 Å². The van der Waals surface area contributed by atoms with E-state index < -0.39 is 0 Å². The summed E-state index contributed by atoms with van der Waals surface area (Å²) >= 11 is 0. The molecule has 0 heteroatoms. The average Bonchev–Trinajstić information content (AvgIpc) is 3.03. The first kappa shape index (κ1) is 21.4. The first-order chi connectivity index (χ1) is 13.6. The summed E-state index contributed by atoms with van der Waals surface area (Å²) in [4.78, 5) is 0. The number of hydrogen-bond donors (Lipinski definition) is 0. The molecule has 0 N–H and O–H groups in total. The van der Waals surface area contributed by atoms with E-state index in [2.05, 4.69) is 114 Å². The minimum atomic E-state index is 0.351. The first-order valence-electron chi connectivity index (χ1n) is 10.9. The smallest absolute Gasteiger partial charge is 0.00854 e. The highest BCUT2D eigenvalue weighted by Crippen LogP contribution is 2.36. The van der Waals surface area contributed by atoms with Gasteiger partial charge in [-0.2, -0.15) is 0 Å². The molecule has 0 heterocycles. The molecule has 0 bridgehead atoms. The third-order valence-electron chi connectivity index (χ3n) is 5.25. The highest BCUT2D eigenvalue weighted by Gasteiger charge is 2.19. The standard InChI is InChI=1S/C15H18.C14H18/c1-15(2,3)11-13-9-6-8-12-7-4-5-10-14(12)13;1-14(2,3)10-12-9-8-11-6-4-5-7-13(11)12/h4-10H,11H2,1-3H3;4-7,9H,8,10H2,1-3H3. The van der Waals surface area contributed by atoms with Gasteiger partial charge >= 0.3 is 0 Å². The van der Waals surface area contributed by atoms with Crippen molar-refractivity contribution in [2.45, 2.75) is 60.8 Å². The molecule has 0 atom stereocenters. The van der Waals surface area contributed by atoms with Crippen LogP contribution in [0.25, 0.3) is 16.3 Å². The van der Waals surface area contributed by atoms with Crippen LogP contribution in [0.3, 0.4) is 0 Å². The Morgan fingerprint density at radius 3 is 2.00 bits per heavy atom. The lowest BCUT2D eigenvalue weighted by Gasteiger charge is -2.19. The molecule has 3 aromatic rings. The van der Waals surface area contributed by atoms with Gasteiger partial charge < -0.3 is 0 Å². The highest BCUT2D eigenvalue weighted by molar-refractivity contribution is 5.85. The fraction of sp³-hybridized carbons (Fsp3) is 0.379. The Labute approximate surface area is 177 Å². The van der Waals surface area contributed by atoms with E-state index in [4.69, 9.17) is 0 Å². The van der Waals surface area contributed by atoms with Gasteiger partial charge in [-0.1, -0.05) is 114 Å². The van der Waals surface area contributed by atoms with E-state index >= 15 is 0 Å². The van der Waals surface area contributed by atoms with Crippen molar-refractivity contribution in [2.75, 3.05) is 0 Å². The van der Waals surface area contributed by atoms with Crippen LogP contribution >= 0.6 is 0 Å². The van der Waals surface area contributed by atoms with Gasteiger partial charge in [0.2, 0.25) is 0 Å². The maximum Gasteiger partial charge on any atom is -0.00854 e. The predicted octanol–water partition coefficient (Wildman–Crippen LogP) is 8.49. The number of rotatable bonds is 2. The number of fused-ring (bicyclic) bond motifs is 2. The Morgan fingerprint density at radius 1 is 0.655 bits per heavy atom. The molecule has 1 aliphatic carbocycles. The molecular weight excluding hydrogens is 348 g/mol. The zero-order valence-corrected chi connectivity index (χ0v) is 19.0. The maximum atomic E-state index is 2.38. The quantitative estimate of drug-likeness (QED) is 0.415. The van der Waals surface area contributed by atoms with Gasteiger partial charge in [-0.05, 0) is 63.1 Å². The molecular formula is C29H36. The zero-order chi connectivity index (χ0) is 21.1. The number of allylic oxidation sites excluding steroid dienone is 2. The highest BCUT2D eigenvalue weighted by atomic mass is 14.2. The molecule has 3 aromatic carbocycles. The van der Waals surface area contributed by atoms with Crippen molar-refractivity contribution >= 4 is 16.3 Å². The van der Waals surface area contributed by atoms with Gasteiger partial charge in [-0.3, -0.25) is 0 Å². The van der Waals surface area contributed by atoms with Gasteiger partial charge in [0.05, 0.1) is 0 Å². The monoisotopic (exact) mass is 384 g/mol. The van der Waals surface area contributed by atoms with Gasteiger partial charge in [0, 0.05) is 0 Å². The van der Waals surface area contributed by atoms with Gasteiger partial charge in [0.25, 0.3) is 0 Å². The average molecular weight is 385 g/mol. The molecule has 0 aromatic heterocycles. The minimum absolute atomic E-state index is 0.351. The molecule has 0 aliphatic heterocycles. The van der Waals surface area contributed by atoms with Crippen LogP contribution in [0.5, 0.6) is 0 Å². The molecule has 0 spiro atoms.